The number of aliphatic hydroxyl groups excluding tert-OH is 1. The lowest BCUT2D eigenvalue weighted by Crippen LogP contribution is -2.44. The zero-order chi connectivity index (χ0) is 18.0. The molecule has 1 aromatic rings. The van der Waals surface area contributed by atoms with E-state index in [1.807, 2.05) is 6.92 Å². The Kier molecular flexibility index (Phi) is 5.39. The molecule has 3 rings (SSSR count). The second-order valence-corrected chi connectivity index (χ2v) is 7.57. The first-order valence-corrected chi connectivity index (χ1v) is 9.02. The fraction of sp³-hybridized carbons (Fsp3) is 0.632. The Morgan fingerprint density at radius 2 is 1.84 bits per heavy atom. The van der Waals surface area contributed by atoms with Crippen molar-refractivity contribution in [1.82, 2.24) is 9.80 Å². The fourth-order valence-electron chi connectivity index (χ4n) is 4.02. The average Bonchev–Trinajstić information content (AvgIpc) is 2.84. The van der Waals surface area contributed by atoms with Gasteiger partial charge in [0.15, 0.2) is 0 Å². The molecule has 0 bridgehead atoms. The van der Waals surface area contributed by atoms with Crippen LogP contribution in [-0.4, -0.2) is 53.1 Å². The van der Waals surface area contributed by atoms with Crippen LogP contribution in [0.15, 0.2) is 18.2 Å². The van der Waals surface area contributed by atoms with Gasteiger partial charge in [-0.2, -0.15) is 0 Å². The van der Waals surface area contributed by atoms with Gasteiger partial charge in [-0.15, -0.1) is 0 Å². The minimum atomic E-state index is -0.612. The van der Waals surface area contributed by atoms with Crippen molar-refractivity contribution >= 4 is 5.91 Å². The molecule has 2 heterocycles. The van der Waals surface area contributed by atoms with E-state index in [4.69, 9.17) is 0 Å². The summed E-state index contributed by atoms with van der Waals surface area (Å²) in [5, 5.41) is 9.79. The lowest BCUT2D eigenvalue weighted by molar-refractivity contribution is -0.128. The second-order valence-electron chi connectivity index (χ2n) is 7.57. The molecule has 138 valence electrons. The van der Waals surface area contributed by atoms with Gasteiger partial charge in [-0.25, -0.2) is 8.78 Å². The van der Waals surface area contributed by atoms with E-state index >= 15 is 0 Å². The summed E-state index contributed by atoms with van der Waals surface area (Å²) in [6.45, 7) is 5.33. The number of halogens is 2. The molecule has 0 radical (unpaired) electrons. The third kappa shape index (κ3) is 4.36. The Morgan fingerprint density at radius 1 is 1.20 bits per heavy atom. The molecule has 2 fully saturated rings. The number of benzene rings is 1. The van der Waals surface area contributed by atoms with Crippen molar-refractivity contribution in [1.29, 1.82) is 0 Å². The highest BCUT2D eigenvalue weighted by molar-refractivity contribution is 5.79. The van der Waals surface area contributed by atoms with Gasteiger partial charge in [0.25, 0.3) is 0 Å². The molecule has 1 N–H and O–H groups in total. The van der Waals surface area contributed by atoms with Gasteiger partial charge in [0.1, 0.15) is 11.6 Å². The molecule has 2 aliphatic heterocycles. The first-order valence-electron chi connectivity index (χ1n) is 9.02. The summed E-state index contributed by atoms with van der Waals surface area (Å²) in [6.07, 6.45) is 2.80. The van der Waals surface area contributed by atoms with Crippen LogP contribution in [0.5, 0.6) is 0 Å². The molecule has 0 saturated carbocycles. The number of likely N-dealkylation sites (tertiary alicyclic amines) is 2. The van der Waals surface area contributed by atoms with E-state index in [0.717, 1.165) is 38.4 Å². The molecule has 2 saturated heterocycles. The van der Waals surface area contributed by atoms with Crippen molar-refractivity contribution in [3.05, 3.63) is 35.4 Å². The van der Waals surface area contributed by atoms with Crippen molar-refractivity contribution in [2.75, 3.05) is 26.2 Å². The number of amides is 1. The van der Waals surface area contributed by atoms with Gasteiger partial charge in [-0.05, 0) is 55.5 Å². The topological polar surface area (TPSA) is 43.8 Å². The van der Waals surface area contributed by atoms with Gasteiger partial charge < -0.3 is 14.9 Å². The van der Waals surface area contributed by atoms with Crippen LogP contribution < -0.4 is 0 Å². The highest BCUT2D eigenvalue weighted by Crippen LogP contribution is 2.41. The Labute approximate surface area is 147 Å². The zero-order valence-electron chi connectivity index (χ0n) is 14.7. The molecule has 1 atom stereocenters. The number of aliphatic hydroxyl groups is 1. The molecule has 0 unspecified atom stereocenters. The number of β-amino-alcohol motifs (C(OH)–C–C–N with tert-alkyl or cyclic N) is 1. The van der Waals surface area contributed by atoms with Gasteiger partial charge in [-0.3, -0.25) is 4.79 Å². The summed E-state index contributed by atoms with van der Waals surface area (Å²) < 4.78 is 26.7. The third-order valence-corrected chi connectivity index (χ3v) is 5.56. The monoisotopic (exact) mass is 352 g/mol. The van der Waals surface area contributed by atoms with E-state index < -0.39 is 11.6 Å². The molecule has 0 aromatic heterocycles. The van der Waals surface area contributed by atoms with Crippen LogP contribution in [0, 0.1) is 17.0 Å². The van der Waals surface area contributed by atoms with E-state index in [1.165, 1.54) is 12.1 Å². The molecular weight excluding hydrogens is 326 g/mol. The number of carbonyl (C=O) groups is 1. The molecular formula is C19H26F2N2O2. The van der Waals surface area contributed by atoms with Crippen molar-refractivity contribution in [2.45, 2.75) is 45.3 Å². The van der Waals surface area contributed by atoms with Gasteiger partial charge in [0.2, 0.25) is 5.91 Å². The van der Waals surface area contributed by atoms with E-state index in [1.54, 1.807) is 4.90 Å². The van der Waals surface area contributed by atoms with Crippen LogP contribution in [0.3, 0.4) is 0 Å². The zero-order valence-corrected chi connectivity index (χ0v) is 14.7. The number of nitrogens with zero attached hydrogens (tertiary/aromatic N) is 2. The quantitative estimate of drug-likeness (QED) is 0.886. The largest absolute Gasteiger partial charge is 0.392 e. The summed E-state index contributed by atoms with van der Waals surface area (Å²) in [4.78, 5) is 16.4. The highest BCUT2D eigenvalue weighted by Gasteiger charge is 2.44. The van der Waals surface area contributed by atoms with Crippen LogP contribution >= 0.6 is 0 Å². The Hall–Kier alpha value is -1.53. The SMILES string of the molecule is CC[C@@H](O)CN1CCC2(CC1)CC(=O)N(Cc1cc(F)cc(F)c1)C2. The number of hydrogen-bond acceptors (Lipinski definition) is 3. The summed E-state index contributed by atoms with van der Waals surface area (Å²) >= 11 is 0. The van der Waals surface area contributed by atoms with Crippen LogP contribution in [0.2, 0.25) is 0 Å². The maximum atomic E-state index is 13.4. The predicted molar refractivity (Wildman–Crippen MR) is 90.8 cm³/mol. The smallest absolute Gasteiger partial charge is 0.223 e. The highest BCUT2D eigenvalue weighted by atomic mass is 19.1. The first kappa shape index (κ1) is 18.3. The third-order valence-electron chi connectivity index (χ3n) is 5.56. The normalized spacial score (nSPS) is 21.9. The maximum absolute atomic E-state index is 13.4. The Bertz CT molecular complexity index is 610. The second kappa shape index (κ2) is 7.38. The molecule has 1 amide bonds. The van der Waals surface area contributed by atoms with Gasteiger partial charge in [-0.1, -0.05) is 6.92 Å². The Morgan fingerprint density at radius 3 is 2.44 bits per heavy atom. The van der Waals surface area contributed by atoms with Crippen LogP contribution in [0.25, 0.3) is 0 Å². The molecule has 0 aliphatic carbocycles. The van der Waals surface area contributed by atoms with E-state index in [9.17, 15) is 18.7 Å². The van der Waals surface area contributed by atoms with Gasteiger partial charge >= 0.3 is 0 Å². The van der Waals surface area contributed by atoms with Gasteiger partial charge in [0, 0.05) is 32.1 Å². The number of carbonyl (C=O) groups excluding carboxylic acids is 1. The van der Waals surface area contributed by atoms with Crippen LogP contribution in [0.1, 0.15) is 38.2 Å². The van der Waals surface area contributed by atoms with Crippen LogP contribution in [0.4, 0.5) is 8.78 Å². The van der Waals surface area contributed by atoms with Crippen molar-refractivity contribution in [2.24, 2.45) is 5.41 Å². The van der Waals surface area contributed by atoms with Crippen molar-refractivity contribution in [3.8, 4) is 0 Å². The lowest BCUT2D eigenvalue weighted by Gasteiger charge is -2.39. The lowest BCUT2D eigenvalue weighted by atomic mass is 9.77. The molecule has 1 aromatic carbocycles. The summed E-state index contributed by atoms with van der Waals surface area (Å²) in [5.41, 5.74) is 0.461. The summed E-state index contributed by atoms with van der Waals surface area (Å²) in [5.74, 6) is -1.16. The maximum Gasteiger partial charge on any atom is 0.223 e. The van der Waals surface area contributed by atoms with E-state index in [0.29, 0.717) is 25.1 Å². The summed E-state index contributed by atoms with van der Waals surface area (Å²) in [6, 6.07) is 3.42. The first-order chi connectivity index (χ1) is 11.9. The van der Waals surface area contributed by atoms with Crippen LogP contribution in [-0.2, 0) is 11.3 Å². The molecule has 1 spiro atoms. The molecule has 6 heteroatoms. The summed E-state index contributed by atoms with van der Waals surface area (Å²) in [7, 11) is 0. The minimum absolute atomic E-state index is 0.0311. The number of piperidine rings is 1. The molecule has 2 aliphatic rings. The molecule has 25 heavy (non-hydrogen) atoms. The van der Waals surface area contributed by atoms with Crippen molar-refractivity contribution in [3.63, 3.8) is 0 Å². The fourth-order valence-corrected chi connectivity index (χ4v) is 4.02. The number of rotatable bonds is 5. The average molecular weight is 352 g/mol. The standard InChI is InChI=1S/C19H26F2N2O2/c1-2-17(24)12-22-5-3-19(4-6-22)10-18(25)23(13-19)11-14-7-15(20)9-16(21)8-14/h7-9,17,24H,2-6,10-13H2,1H3/t17-/m1/s1. The number of hydrogen-bond donors (Lipinski definition) is 1. The molecule has 4 nitrogen and oxygen atoms in total. The van der Waals surface area contributed by atoms with E-state index in [2.05, 4.69) is 4.90 Å². The predicted octanol–water partition coefficient (Wildman–Crippen LogP) is 2.55. The van der Waals surface area contributed by atoms with Crippen molar-refractivity contribution < 1.29 is 18.7 Å². The van der Waals surface area contributed by atoms with Gasteiger partial charge in [0.05, 0.1) is 6.10 Å². The van der Waals surface area contributed by atoms with E-state index in [-0.39, 0.29) is 24.0 Å². The minimum Gasteiger partial charge on any atom is -0.392 e. The Balaban J connectivity index is 1.59.